The van der Waals surface area contributed by atoms with Gasteiger partial charge in [-0.05, 0) is 5.92 Å². The summed E-state index contributed by atoms with van der Waals surface area (Å²) in [4.78, 5) is 0. The lowest BCUT2D eigenvalue weighted by molar-refractivity contribution is 0.142. The normalized spacial score (nSPS) is 9.00. The number of hydrogen-bond donors (Lipinski definition) is 0. The minimum atomic E-state index is -3.08. The molecule has 0 atom stereocenters. The molecule has 0 aromatic heterocycles. The summed E-state index contributed by atoms with van der Waals surface area (Å²) in [6.45, 7) is 3.17. The molecule has 0 spiro atoms. The summed E-state index contributed by atoms with van der Waals surface area (Å²) in [5, 5.41) is 0. The highest BCUT2D eigenvalue weighted by molar-refractivity contribution is 4.64. The van der Waals surface area contributed by atoms with Crippen LogP contribution in [0.5, 0.6) is 0 Å². The smallest absolute Gasteiger partial charge is 0.162 e. The van der Waals surface area contributed by atoms with Gasteiger partial charge < -0.3 is 0 Å². The van der Waals surface area contributed by atoms with Crippen molar-refractivity contribution in [3.63, 3.8) is 0 Å². The molecule has 0 aromatic rings. The van der Waals surface area contributed by atoms with Crippen molar-refractivity contribution in [3.05, 3.63) is 12.6 Å². The summed E-state index contributed by atoms with van der Waals surface area (Å²) >= 11 is 0. The largest absolute Gasteiger partial charge is 0.487 e. The van der Waals surface area contributed by atoms with E-state index < -0.39 is 6.68 Å². The van der Waals surface area contributed by atoms with Crippen molar-refractivity contribution in [1.29, 1.82) is 0 Å². The second kappa shape index (κ2) is 6.79. The molecule has 0 aliphatic rings. The molecular formula is C5H9F3. The summed E-state index contributed by atoms with van der Waals surface area (Å²) in [6, 6.07) is 0. The fourth-order valence-corrected chi connectivity index (χ4v) is 0. The quantitative estimate of drug-likeness (QED) is 0.468. The zero-order valence-corrected chi connectivity index (χ0v) is 5.13. The molecular weight excluding hydrogens is 117 g/mol. The molecule has 0 aromatic carbocycles. The summed E-state index contributed by atoms with van der Waals surface area (Å²) in [6.07, 6.45) is 0. The van der Waals surface area contributed by atoms with Crippen molar-refractivity contribution in [2.75, 3.05) is 0 Å². The molecule has 2 radical (unpaired) electrons. The Bertz CT molecular complexity index is 23.1. The van der Waals surface area contributed by atoms with Gasteiger partial charge in [-0.2, -0.15) is 13.2 Å². The van der Waals surface area contributed by atoms with Crippen LogP contribution in [0.25, 0.3) is 0 Å². The summed E-state index contributed by atoms with van der Waals surface area (Å²) in [7, 11) is 0. The van der Waals surface area contributed by atoms with Gasteiger partial charge in [-0.15, -0.1) is 0 Å². The fraction of sp³-hybridized carbons (Fsp3) is 0.600. The van der Waals surface area contributed by atoms with Crippen LogP contribution < -0.4 is 0 Å². The Kier molecular flexibility index (Phi) is 9.09. The Balaban J connectivity index is 0. The monoisotopic (exact) mass is 126 g/mol. The molecule has 0 amide bonds. The van der Waals surface area contributed by atoms with Crippen molar-refractivity contribution < 1.29 is 13.2 Å². The van der Waals surface area contributed by atoms with E-state index in [1.165, 1.54) is 5.92 Å². The van der Waals surface area contributed by atoms with Crippen LogP contribution in [-0.2, 0) is 0 Å². The molecule has 0 N–H and O–H groups in total. The fourth-order valence-electron chi connectivity index (χ4n) is 0. The van der Waals surface area contributed by atoms with E-state index >= 15 is 0 Å². The first-order chi connectivity index (χ1) is 3.46. The third-order valence-electron chi connectivity index (χ3n) is 0. The Morgan fingerprint density at radius 1 is 0.875 bits per heavy atom. The topological polar surface area (TPSA) is 0 Å². The number of halogens is 3. The third-order valence-corrected chi connectivity index (χ3v) is 0. The van der Waals surface area contributed by atoms with E-state index in [1.807, 2.05) is 0 Å². The molecule has 0 aliphatic carbocycles. The van der Waals surface area contributed by atoms with Gasteiger partial charge in [-0.25, -0.2) is 0 Å². The first-order valence-corrected chi connectivity index (χ1v) is 2.07. The van der Waals surface area contributed by atoms with Gasteiger partial charge in [-0.1, -0.05) is 20.8 Å². The van der Waals surface area contributed by atoms with Crippen molar-refractivity contribution >= 4 is 0 Å². The molecule has 0 saturated carbocycles. The van der Waals surface area contributed by atoms with Gasteiger partial charge in [0, 0.05) is 0 Å². The highest BCUT2D eigenvalue weighted by Gasteiger charge is 1.93. The van der Waals surface area contributed by atoms with Crippen molar-refractivity contribution in [1.82, 2.24) is 0 Å². The Morgan fingerprint density at radius 3 is 0.875 bits per heavy atom. The second-order valence-corrected chi connectivity index (χ2v) is 1.71. The minimum absolute atomic E-state index is 1.42. The molecule has 0 unspecified atom stereocenters. The second-order valence-electron chi connectivity index (χ2n) is 1.71. The van der Waals surface area contributed by atoms with Crippen LogP contribution in [-0.4, -0.2) is 0 Å². The summed E-state index contributed by atoms with van der Waals surface area (Å²) < 4.78 is 28.8. The van der Waals surface area contributed by atoms with Crippen LogP contribution in [0.15, 0.2) is 0 Å². The van der Waals surface area contributed by atoms with E-state index in [9.17, 15) is 13.2 Å². The third kappa shape index (κ3) is 3010. The average Bonchev–Trinajstić information content (AvgIpc) is 1.25. The van der Waals surface area contributed by atoms with Crippen molar-refractivity contribution in [2.24, 2.45) is 0 Å². The van der Waals surface area contributed by atoms with E-state index in [2.05, 4.69) is 20.8 Å². The van der Waals surface area contributed by atoms with E-state index in [1.54, 1.807) is 0 Å². The molecule has 0 rings (SSSR count). The van der Waals surface area contributed by atoms with E-state index in [-0.39, 0.29) is 0 Å². The summed E-state index contributed by atoms with van der Waals surface area (Å²) in [5.74, 6) is 1.42. The van der Waals surface area contributed by atoms with Crippen LogP contribution in [0.2, 0.25) is 0 Å². The molecule has 3 heteroatoms. The first kappa shape index (κ1) is 10.7. The number of rotatable bonds is 0. The molecule has 0 bridgehead atoms. The van der Waals surface area contributed by atoms with Gasteiger partial charge >= 0.3 is 6.68 Å². The van der Waals surface area contributed by atoms with E-state index in [0.29, 0.717) is 0 Å². The number of hydrogen-bond acceptors (Lipinski definition) is 0. The Morgan fingerprint density at radius 2 is 0.875 bits per heavy atom. The van der Waals surface area contributed by atoms with Gasteiger partial charge in [0.15, 0.2) is 0 Å². The Hall–Kier alpha value is -0.210. The van der Waals surface area contributed by atoms with Crippen molar-refractivity contribution in [3.8, 4) is 0 Å². The highest BCUT2D eigenvalue weighted by Crippen LogP contribution is 1.99. The van der Waals surface area contributed by atoms with Gasteiger partial charge in [0.2, 0.25) is 0 Å². The molecule has 8 heavy (non-hydrogen) atoms. The molecule has 0 fully saturated rings. The average molecular weight is 126 g/mol. The van der Waals surface area contributed by atoms with Crippen LogP contribution in [0.1, 0.15) is 20.8 Å². The SMILES string of the molecule is C[C](C)C.F[C](F)F. The molecule has 0 nitrogen and oxygen atoms in total. The zero-order chi connectivity index (χ0) is 7.15. The zero-order valence-electron chi connectivity index (χ0n) is 5.13. The maximum atomic E-state index is 9.58. The lowest BCUT2D eigenvalue weighted by atomic mass is 10.3. The van der Waals surface area contributed by atoms with Crippen LogP contribution in [0.3, 0.4) is 0 Å². The predicted molar refractivity (Wildman–Crippen MR) is 26.8 cm³/mol. The van der Waals surface area contributed by atoms with Crippen LogP contribution in [0.4, 0.5) is 13.2 Å². The Labute approximate surface area is 47.7 Å². The van der Waals surface area contributed by atoms with Gasteiger partial charge in [-0.3, -0.25) is 0 Å². The van der Waals surface area contributed by atoms with E-state index in [0.717, 1.165) is 0 Å². The highest BCUT2D eigenvalue weighted by atomic mass is 19.4. The molecule has 0 heterocycles. The first-order valence-electron chi connectivity index (χ1n) is 2.07. The van der Waals surface area contributed by atoms with Gasteiger partial charge in [0.1, 0.15) is 0 Å². The predicted octanol–water partition coefficient (Wildman–Crippen LogP) is 2.96. The minimum Gasteiger partial charge on any atom is -0.162 e. The summed E-state index contributed by atoms with van der Waals surface area (Å²) in [5.41, 5.74) is 0. The lowest BCUT2D eigenvalue weighted by Crippen LogP contribution is -1.62. The van der Waals surface area contributed by atoms with Gasteiger partial charge in [0.25, 0.3) is 0 Å². The van der Waals surface area contributed by atoms with Crippen LogP contribution >= 0.6 is 0 Å². The molecule has 0 saturated heterocycles. The molecule has 0 aliphatic heterocycles. The van der Waals surface area contributed by atoms with Gasteiger partial charge in [0.05, 0.1) is 0 Å². The lowest BCUT2D eigenvalue weighted by Gasteiger charge is -1.78. The standard InChI is InChI=1S/C4H9.CF3/c1-4(2)3;2-1(3)4/h1-3H3;. The van der Waals surface area contributed by atoms with E-state index in [4.69, 9.17) is 0 Å². The van der Waals surface area contributed by atoms with Crippen LogP contribution in [0, 0.1) is 12.6 Å². The van der Waals surface area contributed by atoms with Crippen molar-refractivity contribution in [2.45, 2.75) is 20.8 Å². The maximum absolute atomic E-state index is 9.58. The maximum Gasteiger partial charge on any atom is 0.487 e. The molecule has 50 valence electrons.